The van der Waals surface area contributed by atoms with E-state index in [1.807, 2.05) is 30.3 Å². The van der Waals surface area contributed by atoms with Crippen LogP contribution in [0.5, 0.6) is 0 Å². The molecule has 1 aliphatic rings. The largest absolute Gasteiger partial charge is 0.435 e. The Morgan fingerprint density at radius 1 is 1.10 bits per heavy atom. The molecule has 1 N–H and O–H groups in total. The first kappa shape index (κ1) is 21.0. The molecule has 1 aliphatic heterocycles. The number of nitrogens with one attached hydrogen (secondary N) is 1. The molecular weight excluding hydrogens is 414 g/mol. The molecule has 1 atom stereocenters. The predicted molar refractivity (Wildman–Crippen MR) is 104 cm³/mol. The van der Waals surface area contributed by atoms with Crippen LogP contribution in [0.3, 0.4) is 0 Å². The molecule has 1 fully saturated rings. The number of carbonyl (C=O) groups is 1. The first-order chi connectivity index (χ1) is 14.8. The second-order valence-corrected chi connectivity index (χ2v) is 7.35. The number of hydrogen-bond acceptors (Lipinski definition) is 4. The lowest BCUT2D eigenvalue weighted by Crippen LogP contribution is -2.38. The Bertz CT molecular complexity index is 1050. The van der Waals surface area contributed by atoms with Gasteiger partial charge in [-0.1, -0.05) is 35.5 Å². The maximum Gasteiger partial charge on any atom is 0.435 e. The van der Waals surface area contributed by atoms with Crippen LogP contribution in [0.4, 0.5) is 17.6 Å². The number of rotatable bonds is 5. The quantitative estimate of drug-likeness (QED) is 0.627. The first-order valence-electron chi connectivity index (χ1n) is 9.67. The molecule has 1 unspecified atom stereocenters. The van der Waals surface area contributed by atoms with Crippen molar-refractivity contribution >= 4 is 5.91 Å². The number of likely N-dealkylation sites (tertiary alicyclic amines) is 1. The molecule has 0 bridgehead atoms. The van der Waals surface area contributed by atoms with Gasteiger partial charge < -0.3 is 5.32 Å². The molecule has 2 aromatic carbocycles. The van der Waals surface area contributed by atoms with Crippen molar-refractivity contribution in [2.75, 3.05) is 13.1 Å². The van der Waals surface area contributed by atoms with Crippen LogP contribution in [-0.2, 0) is 12.7 Å². The average molecular weight is 433 g/mol. The SMILES string of the molecule is O=C(NC1CCN(Cc2ccccc2)C1)c1nnn(-c2ccc(F)cc2)c1C(F)(F)F. The fourth-order valence-corrected chi connectivity index (χ4v) is 3.64. The summed E-state index contributed by atoms with van der Waals surface area (Å²) in [5.41, 5.74) is -1.03. The molecule has 10 heteroatoms. The van der Waals surface area contributed by atoms with Crippen molar-refractivity contribution in [2.45, 2.75) is 25.2 Å². The zero-order valence-corrected chi connectivity index (χ0v) is 16.3. The van der Waals surface area contributed by atoms with Gasteiger partial charge in [0, 0.05) is 25.7 Å². The molecule has 162 valence electrons. The lowest BCUT2D eigenvalue weighted by molar-refractivity contribution is -0.143. The minimum Gasteiger partial charge on any atom is -0.347 e. The van der Waals surface area contributed by atoms with E-state index in [4.69, 9.17) is 0 Å². The number of aromatic nitrogens is 3. The summed E-state index contributed by atoms with van der Waals surface area (Å²) in [5.74, 6) is -1.54. The standard InChI is InChI=1S/C21H19F4N5O/c22-15-6-8-17(9-7-15)30-19(21(23,24)25)18(27-28-30)20(31)26-16-10-11-29(13-16)12-14-4-2-1-3-5-14/h1-9,16H,10-13H2,(H,26,31). The van der Waals surface area contributed by atoms with Crippen molar-refractivity contribution in [3.05, 3.63) is 77.4 Å². The Morgan fingerprint density at radius 2 is 1.81 bits per heavy atom. The summed E-state index contributed by atoms with van der Waals surface area (Å²) in [5, 5.41) is 9.63. The third kappa shape index (κ3) is 4.74. The number of halogens is 4. The highest BCUT2D eigenvalue weighted by Crippen LogP contribution is 2.33. The van der Waals surface area contributed by atoms with Crippen molar-refractivity contribution in [1.82, 2.24) is 25.2 Å². The summed E-state index contributed by atoms with van der Waals surface area (Å²) in [4.78, 5) is 14.8. The van der Waals surface area contributed by atoms with Gasteiger partial charge >= 0.3 is 6.18 Å². The van der Waals surface area contributed by atoms with Gasteiger partial charge in [0.05, 0.1) is 5.69 Å². The van der Waals surface area contributed by atoms with Crippen molar-refractivity contribution < 1.29 is 22.4 Å². The zero-order valence-electron chi connectivity index (χ0n) is 16.3. The summed E-state index contributed by atoms with van der Waals surface area (Å²) in [6, 6.07) is 13.8. The molecule has 2 heterocycles. The molecule has 1 amide bonds. The van der Waals surface area contributed by atoms with Crippen LogP contribution in [0.2, 0.25) is 0 Å². The van der Waals surface area contributed by atoms with Gasteiger partial charge in [0.2, 0.25) is 0 Å². The lowest BCUT2D eigenvalue weighted by atomic mass is 10.2. The Labute approximate surface area is 175 Å². The maximum absolute atomic E-state index is 13.7. The number of hydrogen-bond donors (Lipinski definition) is 1. The van der Waals surface area contributed by atoms with Gasteiger partial charge in [-0.15, -0.1) is 5.10 Å². The van der Waals surface area contributed by atoms with Gasteiger partial charge in [-0.25, -0.2) is 9.07 Å². The fourth-order valence-electron chi connectivity index (χ4n) is 3.64. The van der Waals surface area contributed by atoms with Gasteiger partial charge in [0.25, 0.3) is 5.91 Å². The van der Waals surface area contributed by atoms with E-state index in [0.717, 1.165) is 29.8 Å². The molecule has 0 saturated carbocycles. The number of alkyl halides is 3. The summed E-state index contributed by atoms with van der Waals surface area (Å²) in [7, 11) is 0. The van der Waals surface area contributed by atoms with E-state index >= 15 is 0 Å². The molecule has 0 spiro atoms. The van der Waals surface area contributed by atoms with E-state index < -0.39 is 29.3 Å². The summed E-state index contributed by atoms with van der Waals surface area (Å²) in [6.07, 6.45) is -4.26. The van der Waals surface area contributed by atoms with E-state index in [9.17, 15) is 22.4 Å². The number of benzene rings is 2. The van der Waals surface area contributed by atoms with Crippen LogP contribution < -0.4 is 5.32 Å². The van der Waals surface area contributed by atoms with Crippen LogP contribution in [0.15, 0.2) is 54.6 Å². The van der Waals surface area contributed by atoms with Gasteiger partial charge in [0.1, 0.15) is 5.82 Å². The topological polar surface area (TPSA) is 63.1 Å². The Morgan fingerprint density at radius 3 is 2.48 bits per heavy atom. The van der Waals surface area contributed by atoms with Gasteiger partial charge in [-0.3, -0.25) is 9.69 Å². The maximum atomic E-state index is 13.7. The van der Waals surface area contributed by atoms with Crippen LogP contribution in [-0.4, -0.2) is 44.9 Å². The lowest BCUT2D eigenvalue weighted by Gasteiger charge is -2.17. The molecule has 0 radical (unpaired) electrons. The fraction of sp³-hybridized carbons (Fsp3) is 0.286. The molecule has 6 nitrogen and oxygen atoms in total. The molecule has 0 aliphatic carbocycles. The highest BCUT2D eigenvalue weighted by molar-refractivity contribution is 5.93. The Kier molecular flexibility index (Phi) is 5.73. The number of nitrogens with zero attached hydrogens (tertiary/aromatic N) is 4. The smallest absolute Gasteiger partial charge is 0.347 e. The Balaban J connectivity index is 1.49. The van der Waals surface area contributed by atoms with Gasteiger partial charge in [0.15, 0.2) is 11.4 Å². The second-order valence-electron chi connectivity index (χ2n) is 7.35. The van der Waals surface area contributed by atoms with Crippen LogP contribution in [0.25, 0.3) is 5.69 Å². The van der Waals surface area contributed by atoms with E-state index in [1.54, 1.807) is 0 Å². The summed E-state index contributed by atoms with van der Waals surface area (Å²) >= 11 is 0. The van der Waals surface area contributed by atoms with E-state index in [2.05, 4.69) is 20.5 Å². The zero-order chi connectivity index (χ0) is 22.0. The highest BCUT2D eigenvalue weighted by Gasteiger charge is 2.42. The molecule has 1 saturated heterocycles. The molecule has 31 heavy (non-hydrogen) atoms. The Hall–Kier alpha value is -3.27. The number of amides is 1. The van der Waals surface area contributed by atoms with E-state index in [0.29, 0.717) is 30.7 Å². The monoisotopic (exact) mass is 433 g/mol. The highest BCUT2D eigenvalue weighted by atomic mass is 19.4. The van der Waals surface area contributed by atoms with Crippen molar-refractivity contribution in [2.24, 2.45) is 0 Å². The third-order valence-corrected chi connectivity index (χ3v) is 5.08. The minimum absolute atomic E-state index is 0.0461. The van der Waals surface area contributed by atoms with E-state index in [1.165, 1.54) is 0 Å². The van der Waals surface area contributed by atoms with Crippen LogP contribution in [0, 0.1) is 5.82 Å². The van der Waals surface area contributed by atoms with Gasteiger partial charge in [-0.2, -0.15) is 13.2 Å². The first-order valence-corrected chi connectivity index (χ1v) is 9.67. The number of carbonyl (C=O) groups excluding carboxylic acids is 1. The average Bonchev–Trinajstić information content (AvgIpc) is 3.36. The predicted octanol–water partition coefficient (Wildman–Crippen LogP) is 3.43. The molecular formula is C21H19F4N5O. The summed E-state index contributed by atoms with van der Waals surface area (Å²) < 4.78 is 54.8. The normalized spacial score (nSPS) is 17.1. The van der Waals surface area contributed by atoms with Crippen molar-refractivity contribution in [3.63, 3.8) is 0 Å². The van der Waals surface area contributed by atoms with Crippen molar-refractivity contribution in [3.8, 4) is 5.69 Å². The van der Waals surface area contributed by atoms with Gasteiger partial charge in [-0.05, 0) is 36.2 Å². The summed E-state index contributed by atoms with van der Waals surface area (Å²) in [6.45, 7) is 1.93. The minimum atomic E-state index is -4.88. The van der Waals surface area contributed by atoms with Crippen LogP contribution in [0.1, 0.15) is 28.2 Å². The molecule has 4 rings (SSSR count). The van der Waals surface area contributed by atoms with Crippen LogP contribution >= 0.6 is 0 Å². The van der Waals surface area contributed by atoms with Crippen molar-refractivity contribution in [1.29, 1.82) is 0 Å². The second kappa shape index (κ2) is 8.46. The molecule has 3 aromatic rings. The van der Waals surface area contributed by atoms with E-state index in [-0.39, 0.29) is 11.7 Å². The third-order valence-electron chi connectivity index (χ3n) is 5.08. The molecule has 1 aromatic heterocycles.